The molecule has 2 nitrogen and oxygen atoms in total. The standard InChI is InChI=1S/C18H18O2/c1-13-8-14(2)10-16(9-13)18(20)17(12-19)11-15-6-4-3-5-7-15/h3-10,12,17H,11H2,1-2H3. The molecule has 0 fully saturated rings. The largest absolute Gasteiger partial charge is 0.303 e. The summed E-state index contributed by atoms with van der Waals surface area (Å²) in [5, 5.41) is 0. The number of aldehydes is 1. The van der Waals surface area contributed by atoms with Gasteiger partial charge >= 0.3 is 0 Å². The monoisotopic (exact) mass is 266 g/mol. The fourth-order valence-electron chi connectivity index (χ4n) is 2.40. The number of hydrogen-bond acceptors (Lipinski definition) is 2. The van der Waals surface area contributed by atoms with E-state index in [1.165, 1.54) is 0 Å². The van der Waals surface area contributed by atoms with Crippen molar-refractivity contribution in [1.82, 2.24) is 0 Å². The first-order chi connectivity index (χ1) is 9.60. The maximum Gasteiger partial charge on any atom is 0.173 e. The number of aryl methyl sites for hydroxylation is 2. The van der Waals surface area contributed by atoms with Crippen molar-refractivity contribution in [2.75, 3.05) is 0 Å². The quantitative estimate of drug-likeness (QED) is 0.471. The smallest absolute Gasteiger partial charge is 0.173 e. The number of ketones is 1. The van der Waals surface area contributed by atoms with E-state index in [4.69, 9.17) is 0 Å². The predicted octanol–water partition coefficient (Wildman–Crippen LogP) is 3.54. The summed E-state index contributed by atoms with van der Waals surface area (Å²) in [4.78, 5) is 23.7. The first kappa shape index (κ1) is 14.2. The van der Waals surface area contributed by atoms with Crippen molar-refractivity contribution in [3.05, 3.63) is 70.8 Å². The van der Waals surface area contributed by atoms with Crippen molar-refractivity contribution >= 4 is 12.1 Å². The minimum absolute atomic E-state index is 0.101. The fourth-order valence-corrected chi connectivity index (χ4v) is 2.40. The van der Waals surface area contributed by atoms with Crippen LogP contribution in [-0.2, 0) is 11.2 Å². The molecule has 0 amide bonds. The first-order valence-electron chi connectivity index (χ1n) is 6.72. The van der Waals surface area contributed by atoms with Crippen LogP contribution in [0.5, 0.6) is 0 Å². The van der Waals surface area contributed by atoms with Gasteiger partial charge < -0.3 is 4.79 Å². The van der Waals surface area contributed by atoms with Gasteiger partial charge in [-0.1, -0.05) is 47.5 Å². The molecule has 0 heterocycles. The van der Waals surface area contributed by atoms with Gasteiger partial charge in [-0.05, 0) is 38.0 Å². The molecule has 102 valence electrons. The summed E-state index contributed by atoms with van der Waals surface area (Å²) in [6.45, 7) is 3.91. The molecule has 20 heavy (non-hydrogen) atoms. The van der Waals surface area contributed by atoms with Crippen molar-refractivity contribution < 1.29 is 9.59 Å². The molecule has 0 bridgehead atoms. The van der Waals surface area contributed by atoms with Crippen molar-refractivity contribution in [2.24, 2.45) is 5.92 Å². The Labute approximate surface area is 119 Å². The molecule has 2 rings (SSSR count). The van der Waals surface area contributed by atoms with Crippen molar-refractivity contribution in [2.45, 2.75) is 20.3 Å². The lowest BCUT2D eigenvalue weighted by molar-refractivity contribution is -0.109. The average molecular weight is 266 g/mol. The van der Waals surface area contributed by atoms with E-state index < -0.39 is 5.92 Å². The zero-order valence-corrected chi connectivity index (χ0v) is 11.8. The number of Topliss-reactive ketones (excluding diaryl/α,β-unsaturated/α-hetero) is 1. The van der Waals surface area contributed by atoms with Gasteiger partial charge in [-0.15, -0.1) is 0 Å². The highest BCUT2D eigenvalue weighted by Gasteiger charge is 2.20. The minimum atomic E-state index is -0.612. The lowest BCUT2D eigenvalue weighted by atomic mass is 9.91. The number of carbonyl (C=O) groups excluding carboxylic acids is 2. The second-order valence-corrected chi connectivity index (χ2v) is 5.17. The fraction of sp³-hybridized carbons (Fsp3) is 0.222. The van der Waals surface area contributed by atoms with Crippen molar-refractivity contribution in [3.8, 4) is 0 Å². The van der Waals surface area contributed by atoms with Gasteiger partial charge in [0.05, 0.1) is 5.92 Å². The summed E-state index contributed by atoms with van der Waals surface area (Å²) in [5.74, 6) is -0.714. The molecule has 0 N–H and O–H groups in total. The van der Waals surface area contributed by atoms with Crippen molar-refractivity contribution in [1.29, 1.82) is 0 Å². The SMILES string of the molecule is Cc1cc(C)cc(C(=O)C(C=O)Cc2ccccc2)c1. The van der Waals surface area contributed by atoms with Crippen molar-refractivity contribution in [3.63, 3.8) is 0 Å². The lowest BCUT2D eigenvalue weighted by Gasteiger charge is -2.11. The van der Waals surface area contributed by atoms with Crippen LogP contribution in [-0.4, -0.2) is 12.1 Å². The third-order valence-electron chi connectivity index (χ3n) is 3.31. The first-order valence-corrected chi connectivity index (χ1v) is 6.72. The van der Waals surface area contributed by atoms with Crippen LogP contribution >= 0.6 is 0 Å². The van der Waals surface area contributed by atoms with E-state index in [9.17, 15) is 9.59 Å². The van der Waals surface area contributed by atoms with Gasteiger partial charge in [-0.2, -0.15) is 0 Å². The molecule has 1 atom stereocenters. The van der Waals surface area contributed by atoms with Gasteiger partial charge in [-0.3, -0.25) is 4.79 Å². The predicted molar refractivity (Wildman–Crippen MR) is 79.9 cm³/mol. The normalized spacial score (nSPS) is 11.9. The summed E-state index contributed by atoms with van der Waals surface area (Å²) in [6.07, 6.45) is 1.21. The van der Waals surface area contributed by atoms with Crippen LogP contribution in [0.1, 0.15) is 27.0 Å². The maximum absolute atomic E-state index is 12.5. The van der Waals surface area contributed by atoms with Crippen LogP contribution in [0.3, 0.4) is 0 Å². The van der Waals surface area contributed by atoms with Gasteiger partial charge in [-0.25, -0.2) is 0 Å². The van der Waals surface area contributed by atoms with E-state index >= 15 is 0 Å². The van der Waals surface area contributed by atoms with Gasteiger partial charge in [0, 0.05) is 5.56 Å². The Morgan fingerprint density at radius 2 is 1.65 bits per heavy atom. The Balaban J connectivity index is 2.23. The average Bonchev–Trinajstić information content (AvgIpc) is 2.44. The van der Waals surface area contributed by atoms with Gasteiger partial charge in [0.1, 0.15) is 6.29 Å². The van der Waals surface area contributed by atoms with E-state index in [1.54, 1.807) is 0 Å². The molecule has 0 saturated carbocycles. The molecule has 2 aromatic carbocycles. The summed E-state index contributed by atoms with van der Waals surface area (Å²) >= 11 is 0. The Bertz CT molecular complexity index is 594. The summed E-state index contributed by atoms with van der Waals surface area (Å²) < 4.78 is 0. The summed E-state index contributed by atoms with van der Waals surface area (Å²) in [5.41, 5.74) is 3.70. The topological polar surface area (TPSA) is 34.1 Å². The van der Waals surface area contributed by atoms with E-state index in [2.05, 4.69) is 0 Å². The molecule has 0 aliphatic carbocycles. The van der Waals surface area contributed by atoms with E-state index in [0.29, 0.717) is 12.0 Å². The number of carbonyl (C=O) groups is 2. The van der Waals surface area contributed by atoms with Crippen LogP contribution in [0.15, 0.2) is 48.5 Å². The number of hydrogen-bond donors (Lipinski definition) is 0. The van der Waals surface area contributed by atoms with E-state index in [0.717, 1.165) is 23.0 Å². The Morgan fingerprint density at radius 1 is 1.05 bits per heavy atom. The third kappa shape index (κ3) is 3.41. The minimum Gasteiger partial charge on any atom is -0.303 e. The maximum atomic E-state index is 12.5. The molecular weight excluding hydrogens is 248 g/mol. The second kappa shape index (κ2) is 6.29. The number of benzene rings is 2. The summed E-state index contributed by atoms with van der Waals surface area (Å²) in [7, 11) is 0. The van der Waals surface area contributed by atoms with Crippen LogP contribution in [0.25, 0.3) is 0 Å². The number of rotatable bonds is 5. The van der Waals surface area contributed by atoms with Crippen LogP contribution < -0.4 is 0 Å². The summed E-state index contributed by atoms with van der Waals surface area (Å²) in [6, 6.07) is 15.3. The molecule has 2 aromatic rings. The van der Waals surface area contributed by atoms with Gasteiger partial charge in [0.2, 0.25) is 0 Å². The molecule has 1 unspecified atom stereocenters. The molecule has 0 aliphatic rings. The highest BCUT2D eigenvalue weighted by molar-refractivity contribution is 6.05. The second-order valence-electron chi connectivity index (χ2n) is 5.17. The van der Waals surface area contributed by atoms with Crippen LogP contribution in [0.4, 0.5) is 0 Å². The molecular formula is C18H18O2. The third-order valence-corrected chi connectivity index (χ3v) is 3.31. The zero-order valence-electron chi connectivity index (χ0n) is 11.8. The highest BCUT2D eigenvalue weighted by Crippen LogP contribution is 2.16. The zero-order chi connectivity index (χ0) is 14.5. The molecule has 0 spiro atoms. The lowest BCUT2D eigenvalue weighted by Crippen LogP contribution is -2.19. The molecule has 0 aliphatic heterocycles. The molecule has 0 radical (unpaired) electrons. The Hall–Kier alpha value is -2.22. The Morgan fingerprint density at radius 3 is 2.20 bits per heavy atom. The van der Waals surface area contributed by atoms with Crippen LogP contribution in [0.2, 0.25) is 0 Å². The Kier molecular flexibility index (Phi) is 4.46. The van der Waals surface area contributed by atoms with Crippen LogP contribution in [0, 0.1) is 19.8 Å². The highest BCUT2D eigenvalue weighted by atomic mass is 16.1. The molecule has 0 saturated heterocycles. The molecule has 2 heteroatoms. The van der Waals surface area contributed by atoms with E-state index in [1.807, 2.05) is 62.4 Å². The van der Waals surface area contributed by atoms with Gasteiger partial charge in [0.25, 0.3) is 0 Å². The van der Waals surface area contributed by atoms with E-state index in [-0.39, 0.29) is 5.78 Å². The van der Waals surface area contributed by atoms with Gasteiger partial charge in [0.15, 0.2) is 5.78 Å². The molecule has 0 aromatic heterocycles.